The number of esters is 4. The number of ether oxygens (including phenoxy) is 6. The summed E-state index contributed by atoms with van der Waals surface area (Å²) in [6.07, 6.45) is -2.45. The van der Waals surface area contributed by atoms with Crippen molar-refractivity contribution in [3.63, 3.8) is 0 Å². The van der Waals surface area contributed by atoms with E-state index in [0.29, 0.717) is 12.8 Å². The van der Waals surface area contributed by atoms with E-state index in [2.05, 4.69) is 6.58 Å². The van der Waals surface area contributed by atoms with E-state index >= 15 is 0 Å². The van der Waals surface area contributed by atoms with Crippen molar-refractivity contribution in [2.75, 3.05) is 13.2 Å². The number of carbonyl (C=O) groups excluding carboxylic acids is 4. The van der Waals surface area contributed by atoms with E-state index in [0.717, 1.165) is 0 Å². The van der Waals surface area contributed by atoms with Gasteiger partial charge in [-0.1, -0.05) is 6.08 Å². The van der Waals surface area contributed by atoms with Gasteiger partial charge in [0.1, 0.15) is 12.7 Å². The van der Waals surface area contributed by atoms with Crippen LogP contribution in [0.3, 0.4) is 0 Å². The largest absolute Gasteiger partial charge is 0.462 e. The number of rotatable bonds is 11. The Morgan fingerprint density at radius 2 is 1.59 bits per heavy atom. The maximum Gasteiger partial charge on any atom is 0.303 e. The van der Waals surface area contributed by atoms with E-state index in [-0.39, 0.29) is 13.2 Å². The average Bonchev–Trinajstić information content (AvgIpc) is 2.91. The molecule has 1 fully saturated rings. The van der Waals surface area contributed by atoms with Crippen molar-refractivity contribution in [2.45, 2.75) is 71.2 Å². The number of hydrogen-bond donors (Lipinski definition) is 0. The molecule has 0 saturated carbocycles. The molecule has 10 nitrogen and oxygen atoms in total. The van der Waals surface area contributed by atoms with Gasteiger partial charge in [-0.05, 0) is 12.8 Å². The molecule has 1 heterocycles. The molecule has 1 saturated heterocycles. The van der Waals surface area contributed by atoms with Crippen LogP contribution in [0.5, 0.6) is 0 Å². The van der Waals surface area contributed by atoms with Crippen LogP contribution < -0.4 is 0 Å². The summed E-state index contributed by atoms with van der Waals surface area (Å²) in [5, 5.41) is 0. The molecule has 0 N–H and O–H groups in total. The van der Waals surface area contributed by atoms with E-state index in [9.17, 15) is 19.2 Å². The van der Waals surface area contributed by atoms with Crippen LogP contribution in [0.25, 0.3) is 0 Å². The second kappa shape index (κ2) is 12.2. The lowest BCUT2D eigenvalue weighted by atomic mass is 10.1. The van der Waals surface area contributed by atoms with Gasteiger partial charge in [-0.3, -0.25) is 19.2 Å². The first kappa shape index (κ1) is 24.6. The lowest BCUT2D eigenvalue weighted by Crippen LogP contribution is -2.46. The van der Waals surface area contributed by atoms with Crippen molar-refractivity contribution >= 4 is 23.9 Å². The maximum atomic E-state index is 11.6. The summed E-state index contributed by atoms with van der Waals surface area (Å²) in [6, 6.07) is 0. The molecule has 5 atom stereocenters. The molecule has 1 rings (SSSR count). The third-order valence-corrected chi connectivity index (χ3v) is 3.78. The third kappa shape index (κ3) is 8.61. The molecule has 1 aliphatic rings. The second-order valence-electron chi connectivity index (χ2n) is 6.37. The number of carbonyl (C=O) groups is 4. The lowest BCUT2D eigenvalue weighted by Gasteiger charge is -2.27. The van der Waals surface area contributed by atoms with Gasteiger partial charge in [0.15, 0.2) is 24.6 Å². The predicted octanol–water partition coefficient (Wildman–Crippen LogP) is 1.05. The van der Waals surface area contributed by atoms with Crippen LogP contribution in [-0.4, -0.2) is 67.8 Å². The molecule has 1 unspecified atom stereocenters. The molecule has 1 aliphatic heterocycles. The van der Waals surface area contributed by atoms with Gasteiger partial charge in [0.25, 0.3) is 0 Å². The zero-order chi connectivity index (χ0) is 22.0. The van der Waals surface area contributed by atoms with Gasteiger partial charge in [0.2, 0.25) is 0 Å². The first-order valence-electron chi connectivity index (χ1n) is 9.18. The number of unbranched alkanes of at least 4 members (excludes halogenated alkanes) is 1. The quantitative estimate of drug-likeness (QED) is 0.209. The van der Waals surface area contributed by atoms with Crippen LogP contribution in [-0.2, 0) is 47.6 Å². The Bertz CT molecular complexity index is 602. The molecule has 0 radical (unpaired) electrons. The van der Waals surface area contributed by atoms with E-state index in [4.69, 9.17) is 28.4 Å². The van der Waals surface area contributed by atoms with Gasteiger partial charge < -0.3 is 28.4 Å². The van der Waals surface area contributed by atoms with Crippen LogP contribution in [0.4, 0.5) is 0 Å². The molecule has 164 valence electrons. The average molecular weight is 416 g/mol. The van der Waals surface area contributed by atoms with Crippen molar-refractivity contribution in [2.24, 2.45) is 0 Å². The van der Waals surface area contributed by atoms with Crippen molar-refractivity contribution in [3.8, 4) is 0 Å². The van der Waals surface area contributed by atoms with Crippen LogP contribution in [0, 0.1) is 0 Å². The summed E-state index contributed by atoms with van der Waals surface area (Å²) in [5.41, 5.74) is 0. The van der Waals surface area contributed by atoms with Crippen molar-refractivity contribution in [1.82, 2.24) is 0 Å². The molecule has 0 aromatic rings. The van der Waals surface area contributed by atoms with Gasteiger partial charge in [0.05, 0.1) is 6.61 Å². The Kier molecular flexibility index (Phi) is 10.3. The lowest BCUT2D eigenvalue weighted by molar-refractivity contribution is -0.199. The first-order valence-corrected chi connectivity index (χ1v) is 9.18. The Hall–Kier alpha value is -2.46. The number of allylic oxidation sites excluding steroid dienone is 1. The topological polar surface area (TPSA) is 124 Å². The summed E-state index contributed by atoms with van der Waals surface area (Å²) < 4.78 is 32.2. The highest BCUT2D eigenvalue weighted by Crippen LogP contribution is 2.31. The summed E-state index contributed by atoms with van der Waals surface area (Å²) in [7, 11) is 0. The summed E-state index contributed by atoms with van der Waals surface area (Å²) in [5.74, 6) is -2.56. The zero-order valence-electron chi connectivity index (χ0n) is 17.1. The molecule has 10 heteroatoms. The fourth-order valence-electron chi connectivity index (χ4n) is 2.76. The fraction of sp³-hybridized carbons (Fsp3) is 0.684. The van der Waals surface area contributed by atoms with Gasteiger partial charge in [-0.25, -0.2) is 0 Å². The van der Waals surface area contributed by atoms with Crippen molar-refractivity contribution in [1.29, 1.82) is 0 Å². The minimum Gasteiger partial charge on any atom is -0.462 e. The van der Waals surface area contributed by atoms with Gasteiger partial charge in [-0.15, -0.1) is 6.58 Å². The van der Waals surface area contributed by atoms with E-state index in [1.54, 1.807) is 6.08 Å². The molecule has 0 aliphatic carbocycles. The Morgan fingerprint density at radius 3 is 2.10 bits per heavy atom. The monoisotopic (exact) mass is 416 g/mol. The molecular weight excluding hydrogens is 388 g/mol. The minimum atomic E-state index is -1.14. The van der Waals surface area contributed by atoms with Crippen LogP contribution in [0.2, 0.25) is 0 Å². The molecule has 0 amide bonds. The highest BCUT2D eigenvalue weighted by Gasteiger charge is 2.54. The molecule has 29 heavy (non-hydrogen) atoms. The van der Waals surface area contributed by atoms with Gasteiger partial charge in [-0.2, -0.15) is 0 Å². The summed E-state index contributed by atoms with van der Waals surface area (Å²) in [6.45, 7) is 8.27. The summed E-state index contributed by atoms with van der Waals surface area (Å²) >= 11 is 0. The second-order valence-corrected chi connectivity index (χ2v) is 6.37. The molecule has 0 aromatic carbocycles. The molecule has 0 bridgehead atoms. The first-order chi connectivity index (χ1) is 13.6. The third-order valence-electron chi connectivity index (χ3n) is 3.78. The smallest absolute Gasteiger partial charge is 0.303 e. The normalized spacial score (nSPS) is 24.3. The standard InChI is InChI=1S/C19H28O10/c1-6-7-8-9-24-19-18(28-14(5)23)17(27-13(4)22)16(29-19)15(26-12(3)21)10-25-11(2)20/h6,15-19H,1,7-10H2,2-5H3/t15-,16-,17+,18+,19?/m1/s1. The summed E-state index contributed by atoms with van der Waals surface area (Å²) in [4.78, 5) is 45.9. The van der Waals surface area contributed by atoms with E-state index in [1.165, 1.54) is 27.7 Å². The van der Waals surface area contributed by atoms with E-state index in [1.807, 2.05) is 0 Å². The van der Waals surface area contributed by atoms with Gasteiger partial charge >= 0.3 is 23.9 Å². The zero-order valence-corrected chi connectivity index (χ0v) is 17.1. The van der Waals surface area contributed by atoms with E-state index < -0.39 is 54.6 Å². The Balaban J connectivity index is 3.11. The molecule has 0 spiro atoms. The molecular formula is C19H28O10. The number of hydrogen-bond acceptors (Lipinski definition) is 10. The predicted molar refractivity (Wildman–Crippen MR) is 97.3 cm³/mol. The maximum absolute atomic E-state index is 11.6. The minimum absolute atomic E-state index is 0.260. The van der Waals surface area contributed by atoms with Crippen molar-refractivity contribution < 1.29 is 47.6 Å². The highest BCUT2D eigenvalue weighted by molar-refractivity contribution is 5.68. The Morgan fingerprint density at radius 1 is 0.966 bits per heavy atom. The van der Waals surface area contributed by atoms with Crippen LogP contribution in [0.15, 0.2) is 12.7 Å². The van der Waals surface area contributed by atoms with Gasteiger partial charge in [0, 0.05) is 27.7 Å². The highest BCUT2D eigenvalue weighted by atomic mass is 16.7. The fourth-order valence-corrected chi connectivity index (χ4v) is 2.76. The van der Waals surface area contributed by atoms with Crippen molar-refractivity contribution in [3.05, 3.63) is 12.7 Å². The SMILES string of the molecule is C=CCCCOC1O[C@H]([C@@H](COC(C)=O)OC(C)=O)[C@H](OC(C)=O)[C@@H]1OC(C)=O. The molecule has 0 aromatic heterocycles. The Labute approximate surface area is 169 Å². The van der Waals surface area contributed by atoms with Crippen LogP contribution in [0.1, 0.15) is 40.5 Å². The van der Waals surface area contributed by atoms with Crippen LogP contribution >= 0.6 is 0 Å².